The molecule has 1 saturated carbocycles. The lowest BCUT2D eigenvalue weighted by atomic mass is 9.83. The minimum atomic E-state index is 0.671. The van der Waals surface area contributed by atoms with Gasteiger partial charge in [-0.05, 0) is 33.0 Å². The number of likely N-dealkylation sites (N-methyl/N-ethyl adjacent to an activating group) is 2. The first kappa shape index (κ1) is 12.3. The van der Waals surface area contributed by atoms with Gasteiger partial charge in [0.05, 0.1) is 0 Å². The molecule has 0 radical (unpaired) electrons. The fraction of sp³-hybridized carbons (Fsp3) is 1.00. The Morgan fingerprint density at radius 2 is 2.19 bits per heavy atom. The summed E-state index contributed by atoms with van der Waals surface area (Å²) in [7, 11) is 4.50. The topological polar surface area (TPSA) is 18.5 Å². The van der Waals surface area contributed by atoms with Crippen molar-refractivity contribution in [2.75, 3.05) is 46.8 Å². The van der Waals surface area contributed by atoms with Crippen LogP contribution in [0.5, 0.6) is 0 Å². The van der Waals surface area contributed by atoms with Gasteiger partial charge in [0.1, 0.15) is 0 Å². The number of nitrogens with zero attached hydrogens (tertiary/aromatic N) is 2. The lowest BCUT2D eigenvalue weighted by molar-refractivity contribution is 0.181. The molecule has 1 aliphatic heterocycles. The van der Waals surface area contributed by atoms with E-state index in [0.717, 1.165) is 12.5 Å². The zero-order valence-corrected chi connectivity index (χ0v) is 10.9. The van der Waals surface area contributed by atoms with E-state index in [0.29, 0.717) is 6.04 Å². The molecule has 0 aromatic rings. The van der Waals surface area contributed by atoms with E-state index < -0.39 is 0 Å². The Labute approximate surface area is 100 Å². The molecule has 0 aromatic heterocycles. The van der Waals surface area contributed by atoms with Crippen LogP contribution < -0.4 is 5.32 Å². The summed E-state index contributed by atoms with van der Waals surface area (Å²) in [5.41, 5.74) is 0. The van der Waals surface area contributed by atoms with Crippen LogP contribution in [-0.4, -0.2) is 62.7 Å². The lowest BCUT2D eigenvalue weighted by Gasteiger charge is -2.34. The molecule has 3 heteroatoms. The summed E-state index contributed by atoms with van der Waals surface area (Å²) in [6.45, 7) is 6.04. The molecule has 3 nitrogen and oxygen atoms in total. The van der Waals surface area contributed by atoms with Gasteiger partial charge in [0, 0.05) is 32.2 Å². The first-order valence-electron chi connectivity index (χ1n) is 6.84. The van der Waals surface area contributed by atoms with E-state index in [-0.39, 0.29) is 0 Å². The molecule has 1 atom stereocenters. The number of piperazine rings is 1. The summed E-state index contributed by atoms with van der Waals surface area (Å²) in [6, 6.07) is 0.671. The summed E-state index contributed by atoms with van der Waals surface area (Å²) < 4.78 is 0. The molecule has 0 aromatic carbocycles. The molecule has 2 rings (SSSR count). The van der Waals surface area contributed by atoms with E-state index in [1.807, 2.05) is 0 Å². The molecule has 1 unspecified atom stereocenters. The molecule has 2 fully saturated rings. The molecule has 1 saturated heterocycles. The summed E-state index contributed by atoms with van der Waals surface area (Å²) >= 11 is 0. The smallest absolute Gasteiger partial charge is 0.0322 e. The second-order valence-electron chi connectivity index (χ2n) is 5.76. The van der Waals surface area contributed by atoms with Gasteiger partial charge in [-0.2, -0.15) is 0 Å². The van der Waals surface area contributed by atoms with Crippen LogP contribution in [0.1, 0.15) is 25.7 Å². The normalized spacial score (nSPS) is 28.3. The fourth-order valence-electron chi connectivity index (χ4n) is 2.77. The monoisotopic (exact) mass is 225 g/mol. The minimum absolute atomic E-state index is 0.671. The highest BCUT2D eigenvalue weighted by Crippen LogP contribution is 2.29. The summed E-state index contributed by atoms with van der Waals surface area (Å²) in [5.74, 6) is 1.05. The van der Waals surface area contributed by atoms with E-state index >= 15 is 0 Å². The third-order valence-electron chi connectivity index (χ3n) is 4.13. The largest absolute Gasteiger partial charge is 0.310 e. The van der Waals surface area contributed by atoms with Gasteiger partial charge >= 0.3 is 0 Å². The van der Waals surface area contributed by atoms with Crippen molar-refractivity contribution in [2.24, 2.45) is 5.92 Å². The summed E-state index contributed by atoms with van der Waals surface area (Å²) in [5, 5.41) is 3.61. The highest BCUT2D eigenvalue weighted by Gasteiger charge is 2.20. The molecule has 1 aliphatic carbocycles. The molecule has 2 aliphatic rings. The van der Waals surface area contributed by atoms with Crippen LogP contribution in [0.3, 0.4) is 0 Å². The maximum Gasteiger partial charge on any atom is 0.0322 e. The van der Waals surface area contributed by atoms with Crippen LogP contribution in [0.15, 0.2) is 0 Å². The molecule has 1 heterocycles. The SMILES string of the molecule is CN1CCNC(CN(C)CCC2CCC2)C1. The van der Waals surface area contributed by atoms with Crippen molar-refractivity contribution in [2.45, 2.75) is 31.7 Å². The highest BCUT2D eigenvalue weighted by atomic mass is 15.2. The van der Waals surface area contributed by atoms with Crippen LogP contribution in [0.4, 0.5) is 0 Å². The Bertz CT molecular complexity index is 203. The molecular weight excluding hydrogens is 198 g/mol. The molecule has 0 spiro atoms. The first-order chi connectivity index (χ1) is 7.74. The average molecular weight is 225 g/mol. The van der Waals surface area contributed by atoms with E-state index in [4.69, 9.17) is 0 Å². The number of hydrogen-bond acceptors (Lipinski definition) is 3. The second kappa shape index (κ2) is 5.99. The number of rotatable bonds is 5. The quantitative estimate of drug-likeness (QED) is 0.753. The Hall–Kier alpha value is -0.120. The third kappa shape index (κ3) is 3.72. The van der Waals surface area contributed by atoms with Crippen LogP contribution >= 0.6 is 0 Å². The van der Waals surface area contributed by atoms with Gasteiger partial charge in [0.15, 0.2) is 0 Å². The summed E-state index contributed by atoms with van der Waals surface area (Å²) in [6.07, 6.45) is 5.86. The zero-order valence-electron chi connectivity index (χ0n) is 10.9. The average Bonchev–Trinajstić information content (AvgIpc) is 2.15. The first-order valence-corrected chi connectivity index (χ1v) is 6.84. The van der Waals surface area contributed by atoms with Gasteiger partial charge in [-0.1, -0.05) is 19.3 Å². The predicted molar refractivity (Wildman–Crippen MR) is 68.7 cm³/mol. The maximum atomic E-state index is 3.61. The number of hydrogen-bond donors (Lipinski definition) is 1. The van der Waals surface area contributed by atoms with E-state index in [9.17, 15) is 0 Å². The number of nitrogens with one attached hydrogen (secondary N) is 1. The Balaban J connectivity index is 1.59. The molecular formula is C13H27N3. The highest BCUT2D eigenvalue weighted by molar-refractivity contribution is 4.79. The molecule has 0 amide bonds. The Morgan fingerprint density at radius 3 is 2.81 bits per heavy atom. The van der Waals surface area contributed by atoms with Crippen molar-refractivity contribution < 1.29 is 0 Å². The van der Waals surface area contributed by atoms with Gasteiger partial charge in [-0.3, -0.25) is 0 Å². The van der Waals surface area contributed by atoms with E-state index in [1.54, 1.807) is 0 Å². The minimum Gasteiger partial charge on any atom is -0.310 e. The molecule has 94 valence electrons. The molecule has 1 N–H and O–H groups in total. The van der Waals surface area contributed by atoms with Crippen molar-refractivity contribution in [3.63, 3.8) is 0 Å². The van der Waals surface area contributed by atoms with Gasteiger partial charge in [0.25, 0.3) is 0 Å². The second-order valence-corrected chi connectivity index (χ2v) is 5.76. The maximum absolute atomic E-state index is 3.61. The van der Waals surface area contributed by atoms with Crippen LogP contribution in [0, 0.1) is 5.92 Å². The zero-order chi connectivity index (χ0) is 11.4. The van der Waals surface area contributed by atoms with Crippen LogP contribution in [-0.2, 0) is 0 Å². The van der Waals surface area contributed by atoms with E-state index in [1.165, 1.54) is 51.9 Å². The van der Waals surface area contributed by atoms with Crippen molar-refractivity contribution in [3.05, 3.63) is 0 Å². The molecule has 0 bridgehead atoms. The Kier molecular flexibility index (Phi) is 4.62. The predicted octanol–water partition coefficient (Wildman–Crippen LogP) is 1.01. The standard InChI is InChI=1S/C13H27N3/c1-15(8-6-12-4-3-5-12)10-13-11-16(2)9-7-14-13/h12-14H,3-11H2,1-2H3. The van der Waals surface area contributed by atoms with Gasteiger partial charge in [-0.25, -0.2) is 0 Å². The summed E-state index contributed by atoms with van der Waals surface area (Å²) in [4.78, 5) is 4.94. The van der Waals surface area contributed by atoms with Crippen LogP contribution in [0.25, 0.3) is 0 Å². The van der Waals surface area contributed by atoms with Crippen molar-refractivity contribution in [1.29, 1.82) is 0 Å². The van der Waals surface area contributed by atoms with Crippen molar-refractivity contribution >= 4 is 0 Å². The lowest BCUT2D eigenvalue weighted by Crippen LogP contribution is -2.53. The third-order valence-corrected chi connectivity index (χ3v) is 4.13. The van der Waals surface area contributed by atoms with E-state index in [2.05, 4.69) is 29.2 Å². The van der Waals surface area contributed by atoms with Crippen molar-refractivity contribution in [1.82, 2.24) is 15.1 Å². The van der Waals surface area contributed by atoms with Gasteiger partial charge < -0.3 is 15.1 Å². The fourth-order valence-corrected chi connectivity index (χ4v) is 2.77. The van der Waals surface area contributed by atoms with Crippen molar-refractivity contribution in [3.8, 4) is 0 Å². The molecule has 16 heavy (non-hydrogen) atoms. The Morgan fingerprint density at radius 1 is 1.38 bits per heavy atom. The van der Waals surface area contributed by atoms with Gasteiger partial charge in [-0.15, -0.1) is 0 Å². The van der Waals surface area contributed by atoms with Gasteiger partial charge in [0.2, 0.25) is 0 Å². The van der Waals surface area contributed by atoms with Crippen LogP contribution in [0.2, 0.25) is 0 Å².